The highest BCUT2D eigenvalue weighted by molar-refractivity contribution is 8.00. The van der Waals surface area contributed by atoms with Crippen LogP contribution in [0.15, 0.2) is 76.8 Å². The van der Waals surface area contributed by atoms with E-state index in [0.717, 1.165) is 21.5 Å². The van der Waals surface area contributed by atoms with Crippen molar-refractivity contribution in [1.82, 2.24) is 9.55 Å². The van der Waals surface area contributed by atoms with Crippen molar-refractivity contribution >= 4 is 68.5 Å². The maximum Gasteiger partial charge on any atom is 0.324 e. The van der Waals surface area contributed by atoms with E-state index in [-0.39, 0.29) is 6.54 Å². The van der Waals surface area contributed by atoms with Gasteiger partial charge in [-0.05, 0) is 66.5 Å². The fourth-order valence-electron chi connectivity index (χ4n) is 3.18. The van der Waals surface area contributed by atoms with E-state index in [1.54, 1.807) is 41.0 Å². The number of nitrogens with zero attached hydrogens (tertiary/aromatic N) is 3. The lowest BCUT2D eigenvalue weighted by atomic mass is 10.2. The van der Waals surface area contributed by atoms with Gasteiger partial charge in [0, 0.05) is 44.7 Å². The molecule has 0 saturated heterocycles. The minimum atomic E-state index is -1.09. The Kier molecular flexibility index (Phi) is 6.76. The highest BCUT2D eigenvalue weighted by Gasteiger charge is 2.15. The van der Waals surface area contributed by atoms with E-state index < -0.39 is 16.8 Å². The van der Waals surface area contributed by atoms with Gasteiger partial charge in [-0.25, -0.2) is 4.98 Å². The van der Waals surface area contributed by atoms with E-state index in [0.29, 0.717) is 20.8 Å². The number of carboxylic acids is 1. The SMILES string of the molecule is CS(=O)c1ccc(-n2ccc3cc(N(CC(=O)O)Sc4cc(Cl)cc(Cl)c4)ccc32)nc1. The molecule has 1 N–H and O–H groups in total. The van der Waals surface area contributed by atoms with Crippen LogP contribution in [-0.2, 0) is 15.6 Å². The molecule has 0 aliphatic carbocycles. The molecule has 6 nitrogen and oxygen atoms in total. The molecule has 0 radical (unpaired) electrons. The van der Waals surface area contributed by atoms with Gasteiger partial charge in [-0.1, -0.05) is 23.2 Å². The molecule has 0 saturated carbocycles. The fourth-order valence-corrected chi connectivity index (χ4v) is 5.30. The summed E-state index contributed by atoms with van der Waals surface area (Å²) in [6.07, 6.45) is 5.11. The third-order valence-electron chi connectivity index (χ3n) is 4.59. The number of hydrogen-bond acceptors (Lipinski definition) is 5. The number of rotatable bonds is 7. The smallest absolute Gasteiger partial charge is 0.324 e. The molecular formula is C22H17Cl2N3O3S2. The zero-order valence-corrected chi connectivity index (χ0v) is 19.9. The number of fused-ring (bicyclic) bond motifs is 1. The second-order valence-electron chi connectivity index (χ2n) is 6.86. The molecule has 2 heterocycles. The number of aromatic nitrogens is 2. The summed E-state index contributed by atoms with van der Waals surface area (Å²) in [6.45, 7) is -0.210. The number of carboxylic acid groups (broad SMARTS) is 1. The molecule has 0 amide bonds. The predicted octanol–water partition coefficient (Wildman–Crippen LogP) is 5.67. The highest BCUT2D eigenvalue weighted by Crippen LogP contribution is 2.34. The zero-order chi connectivity index (χ0) is 22.8. The molecule has 0 spiro atoms. The summed E-state index contributed by atoms with van der Waals surface area (Å²) >= 11 is 13.4. The van der Waals surface area contributed by atoms with Gasteiger partial charge in [-0.15, -0.1) is 0 Å². The molecule has 0 fully saturated rings. The third-order valence-corrected chi connectivity index (χ3v) is 6.94. The van der Waals surface area contributed by atoms with Crippen LogP contribution >= 0.6 is 35.1 Å². The van der Waals surface area contributed by atoms with Crippen LogP contribution in [0.2, 0.25) is 10.0 Å². The minimum absolute atomic E-state index is 0.210. The van der Waals surface area contributed by atoms with Crippen molar-refractivity contribution in [3.63, 3.8) is 0 Å². The lowest BCUT2D eigenvalue weighted by Crippen LogP contribution is -2.22. The van der Waals surface area contributed by atoms with E-state index in [9.17, 15) is 14.1 Å². The van der Waals surface area contributed by atoms with Gasteiger partial charge in [0.25, 0.3) is 0 Å². The Hall–Kier alpha value is -2.52. The Bertz CT molecular complexity index is 1310. The van der Waals surface area contributed by atoms with Crippen molar-refractivity contribution in [3.05, 3.63) is 77.0 Å². The van der Waals surface area contributed by atoms with Crippen LogP contribution in [0.5, 0.6) is 0 Å². The summed E-state index contributed by atoms with van der Waals surface area (Å²) in [5, 5.41) is 11.3. The molecule has 0 aliphatic rings. The third kappa shape index (κ3) is 5.10. The Morgan fingerprint density at radius 1 is 1.12 bits per heavy atom. The fraction of sp³-hybridized carbons (Fsp3) is 0.0909. The largest absolute Gasteiger partial charge is 0.480 e. The molecule has 2 aromatic heterocycles. The Morgan fingerprint density at radius 3 is 2.50 bits per heavy atom. The maximum absolute atomic E-state index is 11.6. The van der Waals surface area contributed by atoms with Crippen LogP contribution in [-0.4, -0.2) is 37.6 Å². The standard InChI is InChI=1S/C22H17Cl2N3O3S2/c1-32(30)19-3-5-21(25-12-19)26-7-6-14-8-17(2-4-20(14)26)27(13-22(28)29)31-18-10-15(23)9-16(24)11-18/h2-12H,13H2,1H3,(H,28,29). The molecule has 1 unspecified atom stereocenters. The number of pyridine rings is 1. The van der Waals surface area contributed by atoms with Gasteiger partial charge in [-0.3, -0.25) is 9.00 Å². The van der Waals surface area contributed by atoms with Crippen LogP contribution in [0.1, 0.15) is 0 Å². The molecule has 0 bridgehead atoms. The Balaban J connectivity index is 1.67. The van der Waals surface area contributed by atoms with Gasteiger partial charge in [0.15, 0.2) is 0 Å². The summed E-state index contributed by atoms with van der Waals surface area (Å²) in [6, 6.07) is 16.3. The van der Waals surface area contributed by atoms with Crippen LogP contribution in [0.4, 0.5) is 5.69 Å². The monoisotopic (exact) mass is 505 g/mol. The molecule has 32 heavy (non-hydrogen) atoms. The number of halogens is 2. The number of carbonyl (C=O) groups is 1. The molecule has 164 valence electrons. The minimum Gasteiger partial charge on any atom is -0.480 e. The lowest BCUT2D eigenvalue weighted by molar-refractivity contribution is -0.135. The van der Waals surface area contributed by atoms with E-state index in [1.807, 2.05) is 41.1 Å². The van der Waals surface area contributed by atoms with Crippen molar-refractivity contribution in [2.75, 3.05) is 17.1 Å². The normalized spacial score (nSPS) is 12.1. The van der Waals surface area contributed by atoms with Crippen LogP contribution in [0.25, 0.3) is 16.7 Å². The molecule has 0 aliphatic heterocycles. The lowest BCUT2D eigenvalue weighted by Gasteiger charge is -2.22. The van der Waals surface area contributed by atoms with Gasteiger partial charge in [0.2, 0.25) is 0 Å². The average Bonchev–Trinajstić information content (AvgIpc) is 3.15. The average molecular weight is 506 g/mol. The Labute approximate surface area is 201 Å². The van der Waals surface area contributed by atoms with Crippen molar-refractivity contribution in [1.29, 1.82) is 0 Å². The highest BCUT2D eigenvalue weighted by atomic mass is 35.5. The zero-order valence-electron chi connectivity index (χ0n) is 16.7. The Morgan fingerprint density at radius 2 is 1.88 bits per heavy atom. The van der Waals surface area contributed by atoms with Crippen LogP contribution in [0.3, 0.4) is 0 Å². The first-order valence-corrected chi connectivity index (χ1v) is 12.4. The number of benzene rings is 2. The quantitative estimate of drug-likeness (QED) is 0.326. The maximum atomic E-state index is 11.6. The summed E-state index contributed by atoms with van der Waals surface area (Å²) < 4.78 is 15.2. The van der Waals surface area contributed by atoms with Gasteiger partial charge < -0.3 is 14.0 Å². The molecule has 1 atom stereocenters. The van der Waals surface area contributed by atoms with Crippen LogP contribution in [0, 0.1) is 0 Å². The van der Waals surface area contributed by atoms with Gasteiger partial charge in [-0.2, -0.15) is 0 Å². The van der Waals surface area contributed by atoms with Gasteiger partial charge in [0.1, 0.15) is 12.4 Å². The predicted molar refractivity (Wildman–Crippen MR) is 131 cm³/mol. The summed E-state index contributed by atoms with van der Waals surface area (Å²) in [5.74, 6) is -0.256. The van der Waals surface area contributed by atoms with E-state index in [2.05, 4.69) is 4.98 Å². The van der Waals surface area contributed by atoms with E-state index in [1.165, 1.54) is 11.9 Å². The molecule has 4 rings (SSSR count). The van der Waals surface area contributed by atoms with Crippen molar-refractivity contribution in [2.45, 2.75) is 9.79 Å². The van der Waals surface area contributed by atoms with Gasteiger partial charge in [0.05, 0.1) is 21.2 Å². The number of hydrogen-bond donors (Lipinski definition) is 1. The molecule has 10 heteroatoms. The molecule has 4 aromatic rings. The van der Waals surface area contributed by atoms with Gasteiger partial charge >= 0.3 is 5.97 Å². The molecular weight excluding hydrogens is 489 g/mol. The molecule has 2 aromatic carbocycles. The van der Waals surface area contributed by atoms with Crippen molar-refractivity contribution in [3.8, 4) is 5.82 Å². The summed E-state index contributed by atoms with van der Waals surface area (Å²) in [5.41, 5.74) is 1.64. The topological polar surface area (TPSA) is 75.4 Å². The first-order chi connectivity index (χ1) is 15.3. The van der Waals surface area contributed by atoms with Crippen molar-refractivity contribution in [2.24, 2.45) is 0 Å². The second-order valence-corrected chi connectivity index (χ2v) is 10.2. The summed E-state index contributed by atoms with van der Waals surface area (Å²) in [7, 11) is -1.09. The first kappa shape index (κ1) is 22.7. The first-order valence-electron chi connectivity index (χ1n) is 9.34. The second kappa shape index (κ2) is 9.54. The van der Waals surface area contributed by atoms with E-state index in [4.69, 9.17) is 23.2 Å². The van der Waals surface area contributed by atoms with E-state index >= 15 is 0 Å². The van der Waals surface area contributed by atoms with Crippen LogP contribution < -0.4 is 4.31 Å². The summed E-state index contributed by atoms with van der Waals surface area (Å²) in [4.78, 5) is 17.3. The van der Waals surface area contributed by atoms with Crippen molar-refractivity contribution < 1.29 is 14.1 Å². The number of anilines is 1. The number of aliphatic carboxylic acids is 1.